The van der Waals surface area contributed by atoms with Crippen LogP contribution in [0.25, 0.3) is 0 Å². The highest BCUT2D eigenvalue weighted by molar-refractivity contribution is 9.09. The molecule has 82 valence electrons. The molecule has 1 aliphatic heterocycles. The summed E-state index contributed by atoms with van der Waals surface area (Å²) in [6, 6.07) is 4.35. The first-order chi connectivity index (χ1) is 7.31. The van der Waals surface area contributed by atoms with E-state index in [-0.39, 0.29) is 0 Å². The van der Waals surface area contributed by atoms with Gasteiger partial charge in [-0.1, -0.05) is 28.9 Å². The molecular weight excluding hydrogens is 252 g/mol. The highest BCUT2D eigenvalue weighted by atomic mass is 79.9. The second kappa shape index (κ2) is 4.97. The topological polar surface area (TPSA) is 16.1 Å². The van der Waals surface area contributed by atoms with E-state index in [4.69, 9.17) is 0 Å². The van der Waals surface area contributed by atoms with E-state index in [9.17, 15) is 0 Å². The number of pyridine rings is 1. The number of aromatic nitrogens is 1. The van der Waals surface area contributed by atoms with E-state index in [1.165, 1.54) is 31.5 Å². The summed E-state index contributed by atoms with van der Waals surface area (Å²) in [6.07, 6.45) is 4.63. The van der Waals surface area contributed by atoms with Crippen molar-refractivity contribution in [2.24, 2.45) is 0 Å². The molecule has 1 saturated heterocycles. The van der Waals surface area contributed by atoms with Crippen LogP contribution in [0.3, 0.4) is 0 Å². The number of anilines is 1. The molecule has 0 aliphatic carbocycles. The Labute approximate surface area is 99.8 Å². The Kier molecular flexibility index (Phi) is 3.62. The van der Waals surface area contributed by atoms with Gasteiger partial charge in [0.2, 0.25) is 0 Å². The Morgan fingerprint density at radius 2 is 2.13 bits per heavy atom. The van der Waals surface area contributed by atoms with Gasteiger partial charge < -0.3 is 4.90 Å². The summed E-state index contributed by atoms with van der Waals surface area (Å²) in [7, 11) is 0. The second-order valence-corrected chi connectivity index (χ2v) is 4.85. The van der Waals surface area contributed by atoms with Crippen molar-refractivity contribution in [1.29, 1.82) is 0 Å². The van der Waals surface area contributed by atoms with E-state index in [0.717, 1.165) is 11.1 Å². The summed E-state index contributed by atoms with van der Waals surface area (Å²) in [5.41, 5.74) is 1.31. The first-order valence-corrected chi connectivity index (χ1v) is 6.70. The molecule has 0 aromatic carbocycles. The van der Waals surface area contributed by atoms with E-state index in [2.05, 4.69) is 44.9 Å². The van der Waals surface area contributed by atoms with Crippen molar-refractivity contribution < 1.29 is 0 Å². The third-order valence-electron chi connectivity index (χ3n) is 3.00. The van der Waals surface area contributed by atoms with Gasteiger partial charge in [-0.05, 0) is 30.4 Å². The van der Waals surface area contributed by atoms with Gasteiger partial charge >= 0.3 is 0 Å². The molecule has 0 spiro atoms. The molecule has 0 bridgehead atoms. The molecule has 15 heavy (non-hydrogen) atoms. The maximum absolute atomic E-state index is 4.53. The number of rotatable bonds is 3. The number of hydrogen-bond acceptors (Lipinski definition) is 2. The average Bonchev–Trinajstić information content (AvgIpc) is 2.82. The maximum atomic E-state index is 4.53. The van der Waals surface area contributed by atoms with Crippen molar-refractivity contribution in [3.8, 4) is 0 Å². The summed E-state index contributed by atoms with van der Waals surface area (Å²) >= 11 is 3.50. The first kappa shape index (κ1) is 10.9. The van der Waals surface area contributed by atoms with Crippen LogP contribution in [0, 0.1) is 0 Å². The lowest BCUT2D eigenvalue weighted by atomic mass is 10.1. The summed E-state index contributed by atoms with van der Waals surface area (Å²) in [4.78, 5) is 6.90. The molecule has 0 N–H and O–H groups in total. The third kappa shape index (κ3) is 2.51. The highest BCUT2D eigenvalue weighted by Gasteiger charge is 2.13. The predicted molar refractivity (Wildman–Crippen MR) is 67.9 cm³/mol. The van der Waals surface area contributed by atoms with Crippen LogP contribution in [-0.4, -0.2) is 23.4 Å². The monoisotopic (exact) mass is 268 g/mol. The minimum absolute atomic E-state index is 0.546. The maximum Gasteiger partial charge on any atom is 0.128 e. The van der Waals surface area contributed by atoms with Gasteiger partial charge in [0.1, 0.15) is 5.82 Å². The minimum Gasteiger partial charge on any atom is -0.357 e. The van der Waals surface area contributed by atoms with Gasteiger partial charge in [0.05, 0.1) is 0 Å². The Balaban J connectivity index is 2.09. The Bertz CT molecular complexity index is 304. The molecule has 2 heterocycles. The van der Waals surface area contributed by atoms with Crippen LogP contribution in [0.15, 0.2) is 18.3 Å². The molecule has 2 rings (SSSR count). The van der Waals surface area contributed by atoms with Crippen LogP contribution in [0.5, 0.6) is 0 Å². The zero-order valence-corrected chi connectivity index (χ0v) is 10.7. The van der Waals surface area contributed by atoms with Crippen LogP contribution in [-0.2, 0) is 0 Å². The summed E-state index contributed by atoms with van der Waals surface area (Å²) in [5, 5.41) is 0.998. The number of hydrogen-bond donors (Lipinski definition) is 0. The molecule has 2 nitrogen and oxygen atoms in total. The Morgan fingerprint density at radius 1 is 1.40 bits per heavy atom. The number of nitrogens with zero attached hydrogens (tertiary/aromatic N) is 2. The van der Waals surface area contributed by atoms with Gasteiger partial charge in [-0.25, -0.2) is 4.98 Å². The summed E-state index contributed by atoms with van der Waals surface area (Å²) in [6.45, 7) is 4.54. The van der Waals surface area contributed by atoms with E-state index >= 15 is 0 Å². The summed E-state index contributed by atoms with van der Waals surface area (Å²) in [5.74, 6) is 1.68. The third-order valence-corrected chi connectivity index (χ3v) is 3.97. The van der Waals surface area contributed by atoms with Crippen molar-refractivity contribution >= 4 is 21.7 Å². The molecule has 0 amide bonds. The quantitative estimate of drug-likeness (QED) is 0.783. The molecule has 1 aliphatic rings. The second-order valence-electron chi connectivity index (χ2n) is 4.20. The van der Waals surface area contributed by atoms with Gasteiger partial charge in [-0.2, -0.15) is 0 Å². The zero-order valence-electron chi connectivity index (χ0n) is 9.12. The van der Waals surface area contributed by atoms with E-state index in [1.807, 2.05) is 6.20 Å². The van der Waals surface area contributed by atoms with Gasteiger partial charge in [0.15, 0.2) is 0 Å². The molecule has 3 heteroatoms. The molecule has 0 radical (unpaired) electrons. The first-order valence-electron chi connectivity index (χ1n) is 5.58. The largest absolute Gasteiger partial charge is 0.357 e. The fourth-order valence-corrected chi connectivity index (χ4v) is 2.29. The van der Waals surface area contributed by atoms with Gasteiger partial charge in [0.25, 0.3) is 0 Å². The van der Waals surface area contributed by atoms with Gasteiger partial charge in [-0.15, -0.1) is 0 Å². The lowest BCUT2D eigenvalue weighted by Crippen LogP contribution is -2.18. The van der Waals surface area contributed by atoms with Gasteiger partial charge in [0, 0.05) is 24.6 Å². The van der Waals surface area contributed by atoms with Crippen molar-refractivity contribution in [3.63, 3.8) is 0 Å². The molecule has 1 unspecified atom stereocenters. The highest BCUT2D eigenvalue weighted by Crippen LogP contribution is 2.21. The van der Waals surface area contributed by atoms with Crippen LogP contribution in [0.4, 0.5) is 5.82 Å². The molecule has 1 aromatic heterocycles. The molecule has 1 atom stereocenters. The number of halogens is 1. The standard InChI is InChI=1S/C12H17BrN2/c1-10(8-13)11-4-5-12(14-9-11)15-6-2-3-7-15/h4-5,9-10H,2-3,6-8H2,1H3. The molecule has 1 fully saturated rings. The lowest BCUT2D eigenvalue weighted by molar-refractivity contribution is 0.868. The summed E-state index contributed by atoms with van der Waals surface area (Å²) < 4.78 is 0. The molecular formula is C12H17BrN2. The van der Waals surface area contributed by atoms with E-state index < -0.39 is 0 Å². The molecule has 0 saturated carbocycles. The van der Waals surface area contributed by atoms with E-state index in [1.54, 1.807) is 0 Å². The fraction of sp³-hybridized carbons (Fsp3) is 0.583. The minimum atomic E-state index is 0.546. The average molecular weight is 269 g/mol. The Hall–Kier alpha value is -0.570. The zero-order chi connectivity index (χ0) is 10.7. The van der Waals surface area contributed by atoms with Crippen molar-refractivity contribution in [2.45, 2.75) is 25.7 Å². The van der Waals surface area contributed by atoms with Crippen molar-refractivity contribution in [1.82, 2.24) is 4.98 Å². The lowest BCUT2D eigenvalue weighted by Gasteiger charge is -2.17. The van der Waals surface area contributed by atoms with Crippen LogP contribution < -0.4 is 4.90 Å². The Morgan fingerprint density at radius 3 is 2.67 bits per heavy atom. The predicted octanol–water partition coefficient (Wildman–Crippen LogP) is 3.18. The van der Waals surface area contributed by atoms with Gasteiger partial charge in [-0.3, -0.25) is 0 Å². The number of alkyl halides is 1. The fourth-order valence-electron chi connectivity index (χ4n) is 1.91. The molecule has 1 aromatic rings. The van der Waals surface area contributed by atoms with Crippen molar-refractivity contribution in [2.75, 3.05) is 23.3 Å². The van der Waals surface area contributed by atoms with Crippen LogP contribution in [0.2, 0.25) is 0 Å². The van der Waals surface area contributed by atoms with Crippen LogP contribution >= 0.6 is 15.9 Å². The van der Waals surface area contributed by atoms with E-state index in [0.29, 0.717) is 5.92 Å². The smallest absolute Gasteiger partial charge is 0.128 e. The normalized spacial score (nSPS) is 18.1. The van der Waals surface area contributed by atoms with Crippen molar-refractivity contribution in [3.05, 3.63) is 23.9 Å². The SMILES string of the molecule is CC(CBr)c1ccc(N2CCCC2)nc1. The van der Waals surface area contributed by atoms with Crippen LogP contribution in [0.1, 0.15) is 31.2 Å².